The van der Waals surface area contributed by atoms with E-state index in [-0.39, 0.29) is 5.56 Å². The van der Waals surface area contributed by atoms with Crippen molar-refractivity contribution in [3.8, 4) is 11.4 Å². The molecule has 0 spiro atoms. The summed E-state index contributed by atoms with van der Waals surface area (Å²) in [6.07, 6.45) is -3.91. The number of aryl methyl sites for hydroxylation is 1. The molecule has 0 saturated carbocycles. The predicted octanol–water partition coefficient (Wildman–Crippen LogP) is 4.76. The molecule has 9 heteroatoms. The van der Waals surface area contributed by atoms with Crippen LogP contribution in [0.4, 0.5) is 13.2 Å². The molecular formula is C21H17F3N4OS. The van der Waals surface area contributed by atoms with Crippen LogP contribution in [0.3, 0.4) is 0 Å². The highest BCUT2D eigenvalue weighted by Crippen LogP contribution is 2.29. The van der Waals surface area contributed by atoms with Gasteiger partial charge in [0.25, 0.3) is 5.91 Å². The zero-order valence-electron chi connectivity index (χ0n) is 15.9. The molecule has 0 aliphatic rings. The maximum absolute atomic E-state index is 12.6. The Hall–Kier alpha value is -3.20. The second-order valence-electron chi connectivity index (χ2n) is 6.80. The second-order valence-corrected chi connectivity index (χ2v) is 7.64. The average Bonchev–Trinajstić information content (AvgIpc) is 3.29. The van der Waals surface area contributed by atoms with E-state index in [1.165, 1.54) is 23.5 Å². The highest BCUT2D eigenvalue weighted by Gasteiger charge is 2.30. The summed E-state index contributed by atoms with van der Waals surface area (Å²) in [6.45, 7) is 2.34. The summed E-state index contributed by atoms with van der Waals surface area (Å²) in [4.78, 5) is 17.5. The van der Waals surface area contributed by atoms with E-state index in [9.17, 15) is 18.0 Å². The molecule has 4 rings (SSSR count). The highest BCUT2D eigenvalue weighted by molar-refractivity contribution is 7.15. The van der Waals surface area contributed by atoms with Crippen molar-refractivity contribution in [2.24, 2.45) is 0 Å². The third-order valence-corrected chi connectivity index (χ3v) is 5.47. The summed E-state index contributed by atoms with van der Waals surface area (Å²) in [5, 5.41) is 9.21. The van der Waals surface area contributed by atoms with Gasteiger partial charge in [0.05, 0.1) is 11.3 Å². The number of carbonyl (C=O) groups excluding carboxylic acids is 1. The van der Waals surface area contributed by atoms with Crippen LogP contribution in [0.5, 0.6) is 0 Å². The molecule has 4 aromatic rings. The van der Waals surface area contributed by atoms with Gasteiger partial charge in [0.15, 0.2) is 5.82 Å². The number of hydrogen-bond donors (Lipinski definition) is 1. The fraction of sp³-hybridized carbons (Fsp3) is 0.190. The molecule has 2 aromatic heterocycles. The Kier molecular flexibility index (Phi) is 5.29. The topological polar surface area (TPSA) is 59.3 Å². The first-order valence-electron chi connectivity index (χ1n) is 9.17. The first-order chi connectivity index (χ1) is 14.3. The molecule has 0 atom stereocenters. The van der Waals surface area contributed by atoms with Crippen molar-refractivity contribution in [3.05, 3.63) is 76.3 Å². The first-order valence-corrected chi connectivity index (χ1v) is 10.0. The number of nitrogens with zero attached hydrogens (tertiary/aromatic N) is 3. The van der Waals surface area contributed by atoms with Crippen LogP contribution in [0, 0.1) is 6.92 Å². The number of amides is 1. The second kappa shape index (κ2) is 7.91. The van der Waals surface area contributed by atoms with Gasteiger partial charge in [-0.1, -0.05) is 29.8 Å². The Morgan fingerprint density at radius 2 is 1.80 bits per heavy atom. The fourth-order valence-corrected chi connectivity index (χ4v) is 3.79. The molecule has 0 unspecified atom stereocenters. The van der Waals surface area contributed by atoms with Crippen LogP contribution < -0.4 is 5.32 Å². The number of thiazole rings is 1. The molecule has 2 heterocycles. The van der Waals surface area contributed by atoms with Crippen LogP contribution in [0.2, 0.25) is 0 Å². The van der Waals surface area contributed by atoms with E-state index in [1.807, 2.05) is 36.6 Å². The molecule has 1 N–H and O–H groups in total. The van der Waals surface area contributed by atoms with Crippen molar-refractivity contribution in [1.82, 2.24) is 19.9 Å². The minimum Gasteiger partial charge on any atom is -0.352 e. The first kappa shape index (κ1) is 20.1. The molecule has 0 saturated heterocycles. The lowest BCUT2D eigenvalue weighted by atomic mass is 10.1. The number of benzene rings is 2. The summed E-state index contributed by atoms with van der Waals surface area (Å²) in [5.41, 5.74) is 2.38. The molecule has 0 radical (unpaired) electrons. The number of carbonyl (C=O) groups is 1. The molecular weight excluding hydrogens is 413 g/mol. The van der Waals surface area contributed by atoms with Gasteiger partial charge in [0.2, 0.25) is 4.96 Å². The van der Waals surface area contributed by atoms with Gasteiger partial charge in [-0.05, 0) is 31.2 Å². The minimum absolute atomic E-state index is 0.181. The molecule has 1 amide bonds. The zero-order chi connectivity index (χ0) is 21.3. The summed E-state index contributed by atoms with van der Waals surface area (Å²) < 4.78 is 39.6. The standard InChI is InChI=1S/C21H17F3N4OS/c1-13-2-4-14(5-3-13)18-26-20-28(27-18)17(12-30-20)10-11-25-19(29)15-6-8-16(9-7-15)21(22,23)24/h2-9,12H,10-11H2,1H3,(H,25,29). The van der Waals surface area contributed by atoms with Crippen molar-refractivity contribution < 1.29 is 18.0 Å². The summed E-state index contributed by atoms with van der Waals surface area (Å²) >= 11 is 1.46. The van der Waals surface area contributed by atoms with E-state index in [0.29, 0.717) is 18.8 Å². The van der Waals surface area contributed by atoms with Gasteiger partial charge >= 0.3 is 6.18 Å². The van der Waals surface area contributed by atoms with E-state index >= 15 is 0 Å². The summed E-state index contributed by atoms with van der Waals surface area (Å²) in [5.74, 6) is 0.214. The largest absolute Gasteiger partial charge is 0.416 e. The van der Waals surface area contributed by atoms with Crippen LogP contribution in [0.25, 0.3) is 16.3 Å². The van der Waals surface area contributed by atoms with Gasteiger partial charge in [-0.25, -0.2) is 4.52 Å². The van der Waals surface area contributed by atoms with E-state index in [2.05, 4.69) is 15.4 Å². The lowest BCUT2D eigenvalue weighted by Gasteiger charge is -2.08. The maximum Gasteiger partial charge on any atom is 0.416 e. The molecule has 0 bridgehead atoms. The van der Waals surface area contributed by atoms with Gasteiger partial charge in [-0.3, -0.25) is 4.79 Å². The molecule has 0 aliphatic heterocycles. The zero-order valence-corrected chi connectivity index (χ0v) is 16.7. The summed E-state index contributed by atoms with van der Waals surface area (Å²) in [7, 11) is 0. The predicted molar refractivity (Wildman–Crippen MR) is 109 cm³/mol. The number of halogens is 3. The molecule has 5 nitrogen and oxygen atoms in total. The number of nitrogens with one attached hydrogen (secondary N) is 1. The number of aromatic nitrogens is 3. The van der Waals surface area contributed by atoms with E-state index < -0.39 is 17.6 Å². The third kappa shape index (κ3) is 4.20. The molecule has 0 fully saturated rings. The number of alkyl halides is 3. The maximum atomic E-state index is 12.6. The molecule has 30 heavy (non-hydrogen) atoms. The van der Waals surface area contributed by atoms with Gasteiger partial charge < -0.3 is 5.32 Å². The van der Waals surface area contributed by atoms with E-state index in [0.717, 1.165) is 33.9 Å². The summed E-state index contributed by atoms with van der Waals surface area (Å²) in [6, 6.07) is 12.1. The quantitative estimate of drug-likeness (QED) is 0.497. The Morgan fingerprint density at radius 1 is 1.10 bits per heavy atom. The Balaban J connectivity index is 1.40. The van der Waals surface area contributed by atoms with E-state index in [4.69, 9.17) is 0 Å². The lowest BCUT2D eigenvalue weighted by molar-refractivity contribution is -0.137. The van der Waals surface area contributed by atoms with Crippen LogP contribution in [0.15, 0.2) is 53.9 Å². The molecule has 0 aliphatic carbocycles. The molecule has 154 valence electrons. The normalized spacial score (nSPS) is 11.7. The highest BCUT2D eigenvalue weighted by atomic mass is 32.1. The monoisotopic (exact) mass is 430 g/mol. The van der Waals surface area contributed by atoms with Crippen LogP contribution in [-0.2, 0) is 12.6 Å². The third-order valence-electron chi connectivity index (χ3n) is 4.60. The number of fused-ring (bicyclic) bond motifs is 1. The van der Waals surface area contributed by atoms with Crippen molar-refractivity contribution in [1.29, 1.82) is 0 Å². The smallest absolute Gasteiger partial charge is 0.352 e. The Labute approximate surface area is 174 Å². The number of rotatable bonds is 5. The van der Waals surface area contributed by atoms with Gasteiger partial charge in [-0.2, -0.15) is 18.2 Å². The SMILES string of the molecule is Cc1ccc(-c2nc3scc(CCNC(=O)c4ccc(C(F)(F)F)cc4)n3n2)cc1. The molecule has 2 aromatic carbocycles. The van der Waals surface area contributed by atoms with Gasteiger partial charge in [0.1, 0.15) is 0 Å². The van der Waals surface area contributed by atoms with Gasteiger partial charge in [-0.15, -0.1) is 16.4 Å². The lowest BCUT2D eigenvalue weighted by Crippen LogP contribution is -2.26. The average molecular weight is 430 g/mol. The fourth-order valence-electron chi connectivity index (χ4n) is 2.94. The van der Waals surface area contributed by atoms with Crippen molar-refractivity contribution in [3.63, 3.8) is 0 Å². The van der Waals surface area contributed by atoms with Crippen LogP contribution in [0.1, 0.15) is 27.2 Å². The minimum atomic E-state index is -4.42. The van der Waals surface area contributed by atoms with Gasteiger partial charge in [0, 0.05) is 29.5 Å². The Bertz CT molecular complexity index is 1180. The number of hydrogen-bond acceptors (Lipinski definition) is 4. The van der Waals surface area contributed by atoms with Crippen LogP contribution in [-0.4, -0.2) is 27.0 Å². The van der Waals surface area contributed by atoms with Crippen molar-refractivity contribution in [2.75, 3.05) is 6.54 Å². The van der Waals surface area contributed by atoms with Crippen LogP contribution >= 0.6 is 11.3 Å². The van der Waals surface area contributed by atoms with E-state index in [1.54, 1.807) is 4.52 Å². The van der Waals surface area contributed by atoms with Crippen molar-refractivity contribution in [2.45, 2.75) is 19.5 Å². The Morgan fingerprint density at radius 3 is 2.47 bits per heavy atom. The van der Waals surface area contributed by atoms with Crippen molar-refractivity contribution >= 4 is 22.2 Å².